The Labute approximate surface area is 140 Å². The van der Waals surface area contributed by atoms with Crippen molar-refractivity contribution in [2.45, 2.75) is 29.9 Å². The van der Waals surface area contributed by atoms with Gasteiger partial charge in [-0.3, -0.25) is 4.79 Å². The largest absolute Gasteiger partial charge is 0.469 e. The lowest BCUT2D eigenvalue weighted by atomic mass is 10.1. The van der Waals surface area contributed by atoms with Crippen LogP contribution in [0, 0.1) is 0 Å². The molecule has 2 aromatic rings. The first-order valence-electron chi connectivity index (χ1n) is 7.44. The van der Waals surface area contributed by atoms with Gasteiger partial charge in [-0.25, -0.2) is 0 Å². The zero-order valence-electron chi connectivity index (χ0n) is 13.6. The van der Waals surface area contributed by atoms with Crippen LogP contribution in [0.1, 0.15) is 19.8 Å². The van der Waals surface area contributed by atoms with Gasteiger partial charge in [-0.05, 0) is 36.2 Å². The average Bonchev–Trinajstić information content (AvgIpc) is 2.58. The summed E-state index contributed by atoms with van der Waals surface area (Å²) in [5, 5.41) is 6.51. The molecule has 2 aromatic carbocycles. The molecule has 1 unspecified atom stereocenters. The average molecular weight is 331 g/mol. The summed E-state index contributed by atoms with van der Waals surface area (Å²) >= 11 is 1.69. The number of benzene rings is 2. The minimum atomic E-state index is -0.209. The number of thioether (sulfide) groups is 1. The standard InChI is InChI=1S/C18H21NO3S/c1-13(19-22-3)17(10-11-18(20)21-2)23-16-9-8-14-6-4-5-7-15(14)12-16/h4-9,12,17H,10-11H2,1-3H3. The highest BCUT2D eigenvalue weighted by Gasteiger charge is 2.17. The summed E-state index contributed by atoms with van der Waals surface area (Å²) in [5.74, 6) is -0.209. The minimum Gasteiger partial charge on any atom is -0.469 e. The summed E-state index contributed by atoms with van der Waals surface area (Å²) < 4.78 is 4.73. The zero-order chi connectivity index (χ0) is 16.7. The molecule has 1 atom stereocenters. The van der Waals surface area contributed by atoms with Crippen molar-refractivity contribution in [3.05, 3.63) is 42.5 Å². The molecule has 0 heterocycles. The van der Waals surface area contributed by atoms with Gasteiger partial charge in [-0.1, -0.05) is 35.5 Å². The zero-order valence-corrected chi connectivity index (χ0v) is 14.4. The predicted octanol–water partition coefficient (Wildman–Crippen LogP) is 4.28. The molecule has 23 heavy (non-hydrogen) atoms. The number of hydrogen-bond donors (Lipinski definition) is 0. The Balaban J connectivity index is 2.17. The van der Waals surface area contributed by atoms with Crippen molar-refractivity contribution in [2.75, 3.05) is 14.2 Å². The molecule has 0 saturated heterocycles. The lowest BCUT2D eigenvalue weighted by Crippen LogP contribution is -2.16. The molecule has 0 aliphatic heterocycles. The van der Waals surface area contributed by atoms with Gasteiger partial charge in [-0.2, -0.15) is 0 Å². The van der Waals surface area contributed by atoms with Crippen molar-refractivity contribution in [1.82, 2.24) is 0 Å². The highest BCUT2D eigenvalue weighted by Crippen LogP contribution is 2.30. The van der Waals surface area contributed by atoms with E-state index in [4.69, 9.17) is 9.57 Å². The number of nitrogens with zero attached hydrogens (tertiary/aromatic N) is 1. The highest BCUT2D eigenvalue weighted by atomic mass is 32.2. The van der Waals surface area contributed by atoms with E-state index in [0.717, 1.165) is 10.6 Å². The summed E-state index contributed by atoms with van der Waals surface area (Å²) in [4.78, 5) is 17.4. The topological polar surface area (TPSA) is 47.9 Å². The molecule has 0 aromatic heterocycles. The molecule has 4 nitrogen and oxygen atoms in total. The number of hydrogen-bond acceptors (Lipinski definition) is 5. The van der Waals surface area contributed by atoms with E-state index in [1.165, 1.54) is 25.0 Å². The maximum Gasteiger partial charge on any atom is 0.305 e. The fraction of sp³-hybridized carbons (Fsp3) is 0.333. The van der Waals surface area contributed by atoms with Crippen LogP contribution in [0.15, 0.2) is 52.5 Å². The van der Waals surface area contributed by atoms with E-state index >= 15 is 0 Å². The molecule has 0 spiro atoms. The summed E-state index contributed by atoms with van der Waals surface area (Å²) in [7, 11) is 2.94. The van der Waals surface area contributed by atoms with Gasteiger partial charge in [0.25, 0.3) is 0 Å². The first kappa shape index (κ1) is 17.3. The molecule has 0 radical (unpaired) electrons. The fourth-order valence-corrected chi connectivity index (χ4v) is 3.43. The number of rotatable bonds is 7. The third kappa shape index (κ3) is 4.99. The monoisotopic (exact) mass is 331 g/mol. The SMILES string of the molecule is CON=C(C)C(CCC(=O)OC)Sc1ccc2ccccc2c1. The third-order valence-electron chi connectivity index (χ3n) is 3.54. The van der Waals surface area contributed by atoms with E-state index in [-0.39, 0.29) is 11.2 Å². The summed E-state index contributed by atoms with van der Waals surface area (Å²) in [6.45, 7) is 1.92. The smallest absolute Gasteiger partial charge is 0.305 e. The molecular formula is C18H21NO3S. The number of methoxy groups -OCH3 is 1. The molecule has 0 aliphatic carbocycles. The van der Waals surface area contributed by atoms with Crippen LogP contribution in [-0.4, -0.2) is 31.2 Å². The highest BCUT2D eigenvalue weighted by molar-refractivity contribution is 8.00. The molecule has 122 valence electrons. The van der Waals surface area contributed by atoms with Crippen LogP contribution in [0.4, 0.5) is 0 Å². The van der Waals surface area contributed by atoms with Gasteiger partial charge in [0.1, 0.15) is 7.11 Å². The Kier molecular flexibility index (Phi) is 6.47. The number of esters is 1. The van der Waals surface area contributed by atoms with E-state index < -0.39 is 0 Å². The molecular weight excluding hydrogens is 310 g/mol. The first-order valence-corrected chi connectivity index (χ1v) is 8.32. The Bertz CT molecular complexity index is 699. The lowest BCUT2D eigenvalue weighted by molar-refractivity contribution is -0.140. The predicted molar refractivity (Wildman–Crippen MR) is 95.0 cm³/mol. The van der Waals surface area contributed by atoms with Crippen molar-refractivity contribution in [3.63, 3.8) is 0 Å². The van der Waals surface area contributed by atoms with Crippen LogP contribution in [0.2, 0.25) is 0 Å². The normalized spacial score (nSPS) is 12.9. The van der Waals surface area contributed by atoms with Crippen LogP contribution in [-0.2, 0) is 14.4 Å². The second kappa shape index (κ2) is 8.58. The Morgan fingerprint density at radius 2 is 1.91 bits per heavy atom. The van der Waals surface area contributed by atoms with Gasteiger partial charge >= 0.3 is 5.97 Å². The number of oxime groups is 1. The maximum absolute atomic E-state index is 11.4. The van der Waals surface area contributed by atoms with Gasteiger partial charge in [0, 0.05) is 11.3 Å². The second-order valence-electron chi connectivity index (χ2n) is 5.15. The summed E-state index contributed by atoms with van der Waals surface area (Å²) in [6.07, 6.45) is 1.02. The Morgan fingerprint density at radius 3 is 2.61 bits per heavy atom. The molecule has 0 saturated carbocycles. The van der Waals surface area contributed by atoms with Crippen LogP contribution >= 0.6 is 11.8 Å². The number of fused-ring (bicyclic) bond motifs is 1. The molecule has 0 amide bonds. The van der Waals surface area contributed by atoms with Crippen molar-refractivity contribution < 1.29 is 14.4 Å². The van der Waals surface area contributed by atoms with Crippen LogP contribution in [0.5, 0.6) is 0 Å². The Morgan fingerprint density at radius 1 is 1.17 bits per heavy atom. The van der Waals surface area contributed by atoms with E-state index in [1.54, 1.807) is 11.8 Å². The van der Waals surface area contributed by atoms with Crippen LogP contribution in [0.25, 0.3) is 10.8 Å². The van der Waals surface area contributed by atoms with Gasteiger partial charge in [0.05, 0.1) is 18.1 Å². The van der Waals surface area contributed by atoms with E-state index in [9.17, 15) is 4.79 Å². The summed E-state index contributed by atoms with van der Waals surface area (Å²) in [6, 6.07) is 14.6. The van der Waals surface area contributed by atoms with Gasteiger partial charge in [0.15, 0.2) is 0 Å². The number of ether oxygens (including phenoxy) is 1. The van der Waals surface area contributed by atoms with Gasteiger partial charge < -0.3 is 9.57 Å². The second-order valence-corrected chi connectivity index (χ2v) is 6.42. The van der Waals surface area contributed by atoms with Gasteiger partial charge in [0.2, 0.25) is 0 Å². The number of carbonyl (C=O) groups is 1. The van der Waals surface area contributed by atoms with Crippen LogP contribution in [0.3, 0.4) is 0 Å². The van der Waals surface area contributed by atoms with E-state index in [2.05, 4.69) is 35.5 Å². The first-order chi connectivity index (χ1) is 11.1. The van der Waals surface area contributed by atoms with Crippen molar-refractivity contribution in [3.8, 4) is 0 Å². The Hall–Kier alpha value is -2.01. The van der Waals surface area contributed by atoms with Gasteiger partial charge in [-0.15, -0.1) is 11.8 Å². The molecule has 5 heteroatoms. The van der Waals surface area contributed by atoms with Crippen molar-refractivity contribution in [1.29, 1.82) is 0 Å². The lowest BCUT2D eigenvalue weighted by Gasteiger charge is -2.16. The van der Waals surface area contributed by atoms with E-state index in [0.29, 0.717) is 12.8 Å². The van der Waals surface area contributed by atoms with E-state index in [1.807, 2.05) is 19.1 Å². The van der Waals surface area contributed by atoms with Crippen LogP contribution < -0.4 is 0 Å². The third-order valence-corrected chi connectivity index (χ3v) is 4.93. The molecule has 2 rings (SSSR count). The fourth-order valence-electron chi connectivity index (χ4n) is 2.31. The molecule has 0 bridgehead atoms. The van der Waals surface area contributed by atoms with Crippen molar-refractivity contribution >= 4 is 34.2 Å². The number of carbonyl (C=O) groups excluding carboxylic acids is 1. The molecule has 0 aliphatic rings. The van der Waals surface area contributed by atoms with Crippen molar-refractivity contribution in [2.24, 2.45) is 5.16 Å². The maximum atomic E-state index is 11.4. The molecule has 0 N–H and O–H groups in total. The summed E-state index contributed by atoms with van der Waals surface area (Å²) in [5.41, 5.74) is 0.856. The quantitative estimate of drug-likeness (QED) is 0.329. The minimum absolute atomic E-state index is 0.0650. The molecule has 0 fully saturated rings.